The summed E-state index contributed by atoms with van der Waals surface area (Å²) in [6.07, 6.45) is 1.18. The summed E-state index contributed by atoms with van der Waals surface area (Å²) in [6.45, 7) is 7.32. The molecular formula is C28H33F3N2O3. The van der Waals surface area contributed by atoms with Gasteiger partial charge in [0.15, 0.2) is 0 Å². The van der Waals surface area contributed by atoms with E-state index in [4.69, 9.17) is 14.5 Å². The van der Waals surface area contributed by atoms with Gasteiger partial charge in [0.25, 0.3) is 0 Å². The summed E-state index contributed by atoms with van der Waals surface area (Å²) in [4.78, 5) is 8.91. The third-order valence-corrected chi connectivity index (χ3v) is 9.02. The van der Waals surface area contributed by atoms with E-state index in [1.807, 2.05) is 0 Å². The SMILES string of the molecule is CC(C)c1nc2c(c3c1C(c1ccc(C(F)(F)F)nc1)OC31CCOCC1C)C(O)CC1(CCC1)C2. The molecule has 2 aromatic heterocycles. The third kappa shape index (κ3) is 3.55. The van der Waals surface area contributed by atoms with Gasteiger partial charge in [0.05, 0.1) is 12.7 Å². The predicted octanol–water partition coefficient (Wildman–Crippen LogP) is 6.14. The Morgan fingerprint density at radius 2 is 1.92 bits per heavy atom. The number of aliphatic hydroxyl groups excluding tert-OH is 1. The molecule has 8 heteroatoms. The van der Waals surface area contributed by atoms with Crippen LogP contribution in [0.5, 0.6) is 0 Å². The first-order valence-corrected chi connectivity index (χ1v) is 13.1. The number of nitrogens with zero attached hydrogens (tertiary/aromatic N) is 2. The van der Waals surface area contributed by atoms with Crippen LogP contribution < -0.4 is 0 Å². The zero-order valence-electron chi connectivity index (χ0n) is 21.0. The number of hydrogen-bond acceptors (Lipinski definition) is 5. The van der Waals surface area contributed by atoms with Crippen molar-refractivity contribution in [3.63, 3.8) is 0 Å². The third-order valence-electron chi connectivity index (χ3n) is 9.02. The van der Waals surface area contributed by atoms with Crippen LogP contribution in [-0.4, -0.2) is 28.3 Å². The van der Waals surface area contributed by atoms with E-state index in [0.717, 1.165) is 59.8 Å². The summed E-state index contributed by atoms with van der Waals surface area (Å²) in [5, 5.41) is 11.6. The molecule has 2 aliphatic carbocycles. The lowest BCUT2D eigenvalue weighted by Gasteiger charge is -2.48. The van der Waals surface area contributed by atoms with Gasteiger partial charge in [-0.15, -0.1) is 0 Å². The summed E-state index contributed by atoms with van der Waals surface area (Å²) < 4.78 is 52.4. The Kier molecular flexibility index (Phi) is 5.56. The molecule has 0 bridgehead atoms. The van der Waals surface area contributed by atoms with Gasteiger partial charge in [0.2, 0.25) is 0 Å². The van der Waals surface area contributed by atoms with Crippen molar-refractivity contribution in [2.75, 3.05) is 13.2 Å². The molecule has 1 saturated carbocycles. The molecule has 0 amide bonds. The Bertz CT molecular complexity index is 1180. The first-order valence-electron chi connectivity index (χ1n) is 13.1. The molecule has 5 nitrogen and oxygen atoms in total. The van der Waals surface area contributed by atoms with E-state index in [-0.39, 0.29) is 17.3 Å². The van der Waals surface area contributed by atoms with E-state index >= 15 is 0 Å². The van der Waals surface area contributed by atoms with Crippen molar-refractivity contribution < 1.29 is 27.8 Å². The maximum absolute atomic E-state index is 13.2. The number of fused-ring (bicyclic) bond motifs is 4. The lowest BCUT2D eigenvalue weighted by atomic mass is 9.58. The molecule has 2 fully saturated rings. The van der Waals surface area contributed by atoms with Crippen molar-refractivity contribution in [3.8, 4) is 0 Å². The average molecular weight is 503 g/mol. The van der Waals surface area contributed by atoms with E-state index in [2.05, 4.69) is 25.8 Å². The number of alkyl halides is 3. The van der Waals surface area contributed by atoms with E-state index in [0.29, 0.717) is 25.2 Å². The minimum atomic E-state index is -4.51. The number of hydrogen-bond donors (Lipinski definition) is 1. The fourth-order valence-electron chi connectivity index (χ4n) is 7.04. The predicted molar refractivity (Wildman–Crippen MR) is 126 cm³/mol. The first-order chi connectivity index (χ1) is 17.0. The molecule has 0 aromatic carbocycles. The fourth-order valence-corrected chi connectivity index (χ4v) is 7.04. The molecule has 2 aromatic rings. The average Bonchev–Trinajstić information content (AvgIpc) is 3.14. The molecule has 6 rings (SSSR count). The second kappa shape index (κ2) is 8.23. The molecule has 1 N–H and O–H groups in total. The van der Waals surface area contributed by atoms with Crippen LogP contribution in [0.25, 0.3) is 0 Å². The van der Waals surface area contributed by atoms with Gasteiger partial charge in [-0.25, -0.2) is 0 Å². The Morgan fingerprint density at radius 3 is 2.50 bits per heavy atom. The normalized spacial score (nSPS) is 30.9. The maximum atomic E-state index is 13.2. The molecular weight excluding hydrogens is 469 g/mol. The van der Waals surface area contributed by atoms with Gasteiger partial charge in [-0.2, -0.15) is 13.2 Å². The number of rotatable bonds is 2. The van der Waals surface area contributed by atoms with Gasteiger partial charge in [-0.3, -0.25) is 9.97 Å². The van der Waals surface area contributed by atoms with Crippen LogP contribution in [0, 0.1) is 11.3 Å². The molecule has 4 unspecified atom stereocenters. The highest BCUT2D eigenvalue weighted by molar-refractivity contribution is 5.54. The molecule has 2 spiro atoms. The second-order valence-electron chi connectivity index (χ2n) is 11.6. The molecule has 2 aliphatic heterocycles. The van der Waals surface area contributed by atoms with Crippen molar-refractivity contribution in [3.05, 3.63) is 57.7 Å². The van der Waals surface area contributed by atoms with Crippen LogP contribution in [0.3, 0.4) is 0 Å². The van der Waals surface area contributed by atoms with Crippen LogP contribution in [-0.2, 0) is 27.7 Å². The molecule has 36 heavy (non-hydrogen) atoms. The quantitative estimate of drug-likeness (QED) is 0.535. The largest absolute Gasteiger partial charge is 0.433 e. The number of aliphatic hydroxyl groups is 1. The molecule has 4 atom stereocenters. The van der Waals surface area contributed by atoms with Crippen molar-refractivity contribution >= 4 is 0 Å². The summed E-state index contributed by atoms with van der Waals surface area (Å²) in [6, 6.07) is 2.49. The minimum Gasteiger partial charge on any atom is -0.388 e. The van der Waals surface area contributed by atoms with Gasteiger partial charge in [-0.1, -0.05) is 33.3 Å². The van der Waals surface area contributed by atoms with Crippen LogP contribution in [0.4, 0.5) is 13.2 Å². The van der Waals surface area contributed by atoms with E-state index in [1.54, 1.807) is 0 Å². The van der Waals surface area contributed by atoms with Gasteiger partial charge >= 0.3 is 6.18 Å². The molecule has 4 heterocycles. The number of aromatic nitrogens is 2. The Morgan fingerprint density at radius 1 is 1.14 bits per heavy atom. The number of pyridine rings is 2. The maximum Gasteiger partial charge on any atom is 0.433 e. The molecule has 0 radical (unpaired) electrons. The van der Waals surface area contributed by atoms with Crippen LogP contribution in [0.15, 0.2) is 18.3 Å². The molecule has 194 valence electrons. The smallest absolute Gasteiger partial charge is 0.388 e. The fraction of sp³-hybridized carbons (Fsp3) is 0.643. The van der Waals surface area contributed by atoms with Gasteiger partial charge in [0.1, 0.15) is 17.4 Å². The van der Waals surface area contributed by atoms with Crippen LogP contribution in [0.1, 0.15) is 110 Å². The second-order valence-corrected chi connectivity index (χ2v) is 11.6. The molecule has 1 saturated heterocycles. The van der Waals surface area contributed by atoms with Crippen molar-refractivity contribution in [2.24, 2.45) is 11.3 Å². The highest BCUT2D eigenvalue weighted by atomic mass is 19.4. The summed E-state index contributed by atoms with van der Waals surface area (Å²) in [7, 11) is 0. The van der Waals surface area contributed by atoms with Gasteiger partial charge in [-0.05, 0) is 48.6 Å². The summed E-state index contributed by atoms with van der Waals surface area (Å²) in [5.41, 5.74) is 3.78. The van der Waals surface area contributed by atoms with Crippen molar-refractivity contribution in [1.82, 2.24) is 9.97 Å². The summed E-state index contributed by atoms with van der Waals surface area (Å²) in [5.74, 6) is 0.0926. The number of halogens is 3. The van der Waals surface area contributed by atoms with Crippen LogP contribution >= 0.6 is 0 Å². The Hall–Kier alpha value is -2.03. The standard InChI is InChI=1S/C28H33F3N2O3/c1-15(2)24-22-23(21-18(33-24)11-26(7-4-8-26)12-19(21)34)27(9-10-35-14-16(27)3)36-25(22)17-5-6-20(32-13-17)28(29,30)31/h5-6,13,15-16,19,25,34H,4,7-12,14H2,1-3H3. The van der Waals surface area contributed by atoms with Crippen LogP contribution in [0.2, 0.25) is 0 Å². The zero-order valence-corrected chi connectivity index (χ0v) is 21.0. The first kappa shape index (κ1) is 24.3. The molecule has 4 aliphatic rings. The highest BCUT2D eigenvalue weighted by Gasteiger charge is 2.56. The van der Waals surface area contributed by atoms with E-state index in [9.17, 15) is 18.3 Å². The Balaban J connectivity index is 1.57. The van der Waals surface area contributed by atoms with Crippen molar-refractivity contribution in [1.29, 1.82) is 0 Å². The zero-order chi connectivity index (χ0) is 25.5. The number of ether oxygens (including phenoxy) is 2. The van der Waals surface area contributed by atoms with E-state index < -0.39 is 29.7 Å². The Labute approximate surface area is 209 Å². The highest BCUT2D eigenvalue weighted by Crippen LogP contribution is 2.61. The summed E-state index contributed by atoms with van der Waals surface area (Å²) >= 11 is 0. The monoisotopic (exact) mass is 502 g/mol. The lowest BCUT2D eigenvalue weighted by Crippen LogP contribution is -2.44. The van der Waals surface area contributed by atoms with E-state index in [1.165, 1.54) is 18.7 Å². The topological polar surface area (TPSA) is 64.5 Å². The minimum absolute atomic E-state index is 0.00992. The van der Waals surface area contributed by atoms with Gasteiger partial charge < -0.3 is 14.6 Å². The lowest BCUT2D eigenvalue weighted by molar-refractivity contribution is -0.157. The van der Waals surface area contributed by atoms with Gasteiger partial charge in [0, 0.05) is 53.2 Å². The van der Waals surface area contributed by atoms with Crippen molar-refractivity contribution in [2.45, 2.75) is 89.2 Å².